The van der Waals surface area contributed by atoms with Crippen molar-refractivity contribution in [2.24, 2.45) is 16.2 Å². The minimum atomic E-state index is -1.37. The molecule has 0 radical (unpaired) electrons. The van der Waals surface area contributed by atoms with E-state index in [4.69, 9.17) is 0 Å². The highest BCUT2D eigenvalue weighted by atomic mass is 16.3. The minimum Gasteiger partial charge on any atom is -0.387 e. The number of amides is 2. The predicted octanol–water partition coefficient (Wildman–Crippen LogP) is 8.04. The summed E-state index contributed by atoms with van der Waals surface area (Å²) in [6.45, 7) is 12.2. The molecule has 0 heterocycles. The summed E-state index contributed by atoms with van der Waals surface area (Å²) in [6.07, 6.45) is 3.54. The lowest BCUT2D eigenvalue weighted by Gasteiger charge is -2.47. The second-order valence-corrected chi connectivity index (χ2v) is 17.7. The molecule has 6 heteroatoms. The highest BCUT2D eigenvalue weighted by Gasteiger charge is 2.54. The van der Waals surface area contributed by atoms with Gasteiger partial charge in [0, 0.05) is 25.7 Å². The van der Waals surface area contributed by atoms with Crippen LogP contribution in [0.2, 0.25) is 0 Å². The van der Waals surface area contributed by atoms with E-state index in [9.17, 15) is 19.8 Å². The van der Waals surface area contributed by atoms with Crippen LogP contribution < -0.4 is 10.6 Å². The maximum atomic E-state index is 14.9. The van der Waals surface area contributed by atoms with Gasteiger partial charge in [-0.3, -0.25) is 9.59 Å². The van der Waals surface area contributed by atoms with Crippen molar-refractivity contribution < 1.29 is 19.8 Å². The minimum absolute atomic E-state index is 0.322. The van der Waals surface area contributed by atoms with Gasteiger partial charge < -0.3 is 20.8 Å². The molecule has 0 aromatic heterocycles. The Balaban J connectivity index is 1.50. The smallest absolute Gasteiger partial charge is 0.236 e. The molecule has 2 atom stereocenters. The summed E-state index contributed by atoms with van der Waals surface area (Å²) in [5.74, 6) is -0.733. The molecule has 0 unspecified atom stereocenters. The first-order chi connectivity index (χ1) is 25.0. The van der Waals surface area contributed by atoms with Gasteiger partial charge in [0.25, 0.3) is 0 Å². The van der Waals surface area contributed by atoms with E-state index in [0.717, 1.165) is 35.1 Å². The van der Waals surface area contributed by atoms with Crippen LogP contribution in [0.15, 0.2) is 121 Å². The zero-order valence-corrected chi connectivity index (χ0v) is 32.6. The van der Waals surface area contributed by atoms with E-state index in [1.165, 1.54) is 0 Å². The molecule has 4 aromatic rings. The first-order valence-corrected chi connectivity index (χ1v) is 19.3. The van der Waals surface area contributed by atoms with Crippen LogP contribution in [0.4, 0.5) is 0 Å². The molecule has 0 aliphatic heterocycles. The third kappa shape index (κ3) is 9.84. The fourth-order valence-corrected chi connectivity index (χ4v) is 8.72. The molecule has 2 amide bonds. The van der Waals surface area contributed by atoms with Crippen LogP contribution in [0.1, 0.15) is 89.5 Å². The number of carbonyl (C=O) groups excluding carboxylic acids is 2. The first-order valence-electron chi connectivity index (χ1n) is 19.3. The van der Waals surface area contributed by atoms with Gasteiger partial charge in [0.15, 0.2) is 0 Å². The van der Waals surface area contributed by atoms with E-state index in [1.54, 1.807) is 0 Å². The van der Waals surface area contributed by atoms with Crippen LogP contribution in [0, 0.1) is 16.2 Å². The molecule has 53 heavy (non-hydrogen) atoms. The molecule has 1 fully saturated rings. The fourth-order valence-electron chi connectivity index (χ4n) is 8.72. The van der Waals surface area contributed by atoms with Crippen LogP contribution >= 0.6 is 0 Å². The Bertz CT molecular complexity index is 1550. The molecule has 1 aliphatic carbocycles. The van der Waals surface area contributed by atoms with Gasteiger partial charge in [-0.2, -0.15) is 0 Å². The number of hydrogen-bond donors (Lipinski definition) is 4. The molecule has 0 spiro atoms. The monoisotopic (exact) mass is 716 g/mol. The molecule has 6 nitrogen and oxygen atoms in total. The van der Waals surface area contributed by atoms with Gasteiger partial charge in [-0.05, 0) is 45.9 Å². The van der Waals surface area contributed by atoms with Crippen molar-refractivity contribution >= 4 is 11.8 Å². The first kappa shape index (κ1) is 39.9. The largest absolute Gasteiger partial charge is 0.387 e. The van der Waals surface area contributed by atoms with Gasteiger partial charge in [-0.15, -0.1) is 0 Å². The van der Waals surface area contributed by atoms with Crippen molar-refractivity contribution in [1.82, 2.24) is 10.6 Å². The summed E-state index contributed by atoms with van der Waals surface area (Å²) in [5.41, 5.74) is -1.36. The third-order valence-corrected chi connectivity index (χ3v) is 11.1. The lowest BCUT2D eigenvalue weighted by atomic mass is 9.69. The van der Waals surface area contributed by atoms with E-state index < -0.39 is 39.5 Å². The van der Waals surface area contributed by atoms with Crippen LogP contribution in [-0.2, 0) is 35.3 Å². The molecule has 1 saturated carbocycles. The Morgan fingerprint density at radius 2 is 0.755 bits per heavy atom. The molecular formula is C47H60N2O4. The fraction of sp³-hybridized carbons (Fsp3) is 0.447. The van der Waals surface area contributed by atoms with Gasteiger partial charge in [0.1, 0.15) is 5.41 Å². The number of aliphatic hydroxyl groups is 2. The second kappa shape index (κ2) is 16.4. The number of carbonyl (C=O) groups is 2. The molecular weight excluding hydrogens is 657 g/mol. The number of benzene rings is 4. The van der Waals surface area contributed by atoms with Crippen LogP contribution in [-0.4, -0.2) is 45.3 Å². The summed E-state index contributed by atoms with van der Waals surface area (Å²) in [5, 5.41) is 32.3. The van der Waals surface area contributed by atoms with Crippen molar-refractivity contribution in [3.8, 4) is 0 Å². The summed E-state index contributed by atoms with van der Waals surface area (Å²) < 4.78 is 0. The Hall–Kier alpha value is -4.26. The standard InChI is InChI=1S/C47H60N2O4/c1-43(2,3)39(46(52,31-35-21-11-7-12-22-35)32-36-23-13-8-14-24-36)48-41(50)45(29-19-20-30-45)42(51)49-40(44(4,5)6)47(53,33-37-25-15-9-16-26-37)34-38-27-17-10-18-28-38/h7-18,21-28,39-40,52-53H,19-20,29-34H2,1-6H3,(H,48,50)(H,49,51)/t39-,40-/m1/s1. The van der Waals surface area contributed by atoms with E-state index in [2.05, 4.69) is 10.6 Å². The lowest BCUT2D eigenvalue weighted by Crippen LogP contribution is -2.66. The third-order valence-electron chi connectivity index (χ3n) is 11.1. The summed E-state index contributed by atoms with van der Waals surface area (Å²) >= 11 is 0. The van der Waals surface area contributed by atoms with Gasteiger partial charge in [-0.25, -0.2) is 0 Å². The Kier molecular flexibility index (Phi) is 12.4. The maximum Gasteiger partial charge on any atom is 0.236 e. The Morgan fingerprint density at radius 1 is 0.509 bits per heavy atom. The lowest BCUT2D eigenvalue weighted by molar-refractivity contribution is -0.149. The topological polar surface area (TPSA) is 98.7 Å². The van der Waals surface area contributed by atoms with Gasteiger partial charge in [-0.1, -0.05) is 176 Å². The summed E-state index contributed by atoms with van der Waals surface area (Å²) in [6, 6.07) is 38.1. The molecule has 282 valence electrons. The number of hydrogen-bond acceptors (Lipinski definition) is 4. The Morgan fingerprint density at radius 3 is 0.981 bits per heavy atom. The maximum absolute atomic E-state index is 14.9. The number of rotatable bonds is 14. The molecule has 0 saturated heterocycles. The average molecular weight is 717 g/mol. The van der Waals surface area contributed by atoms with Crippen molar-refractivity contribution in [3.05, 3.63) is 144 Å². The SMILES string of the molecule is CC(C)(C)[C@@H](NC(=O)C1(C(=O)N[C@H](C(C)(C)C)C(O)(Cc2ccccc2)Cc2ccccc2)CCCC1)C(O)(Cc1ccccc1)Cc1ccccc1. The summed E-state index contributed by atoms with van der Waals surface area (Å²) in [4.78, 5) is 29.9. The Labute approximate surface area is 317 Å². The van der Waals surface area contributed by atoms with Crippen LogP contribution in [0.25, 0.3) is 0 Å². The van der Waals surface area contributed by atoms with E-state index >= 15 is 0 Å². The van der Waals surface area contributed by atoms with Crippen molar-refractivity contribution in [2.75, 3.05) is 0 Å². The molecule has 0 bridgehead atoms. The highest BCUT2D eigenvalue weighted by molar-refractivity contribution is 6.05. The molecule has 1 aliphatic rings. The van der Waals surface area contributed by atoms with Gasteiger partial charge in [0.2, 0.25) is 11.8 Å². The molecule has 5 rings (SSSR count). The summed E-state index contributed by atoms with van der Waals surface area (Å²) in [7, 11) is 0. The molecule has 4 aromatic carbocycles. The van der Waals surface area contributed by atoms with Crippen LogP contribution in [0.3, 0.4) is 0 Å². The van der Waals surface area contributed by atoms with E-state index in [-0.39, 0.29) is 11.8 Å². The second-order valence-electron chi connectivity index (χ2n) is 17.7. The van der Waals surface area contributed by atoms with Gasteiger partial charge in [0.05, 0.1) is 23.3 Å². The van der Waals surface area contributed by atoms with E-state index in [0.29, 0.717) is 38.5 Å². The zero-order chi connectivity index (χ0) is 38.3. The normalized spacial score (nSPS) is 16.1. The van der Waals surface area contributed by atoms with E-state index in [1.807, 2.05) is 163 Å². The number of nitrogens with one attached hydrogen (secondary N) is 2. The van der Waals surface area contributed by atoms with Crippen molar-refractivity contribution in [1.29, 1.82) is 0 Å². The average Bonchev–Trinajstić information content (AvgIpc) is 3.62. The molecule has 4 N–H and O–H groups in total. The quantitative estimate of drug-likeness (QED) is 0.0994. The van der Waals surface area contributed by atoms with Crippen molar-refractivity contribution in [2.45, 2.75) is 116 Å². The zero-order valence-electron chi connectivity index (χ0n) is 32.6. The highest BCUT2D eigenvalue weighted by Crippen LogP contribution is 2.42. The predicted molar refractivity (Wildman–Crippen MR) is 214 cm³/mol. The van der Waals surface area contributed by atoms with Crippen molar-refractivity contribution in [3.63, 3.8) is 0 Å². The van der Waals surface area contributed by atoms with Crippen LogP contribution in [0.5, 0.6) is 0 Å². The van der Waals surface area contributed by atoms with Gasteiger partial charge >= 0.3 is 0 Å².